The summed E-state index contributed by atoms with van der Waals surface area (Å²) >= 11 is 6.55. The average Bonchev–Trinajstić information content (AvgIpc) is 3.02. The monoisotopic (exact) mass is 578 g/mol. The molecule has 2 aliphatic heterocycles. The number of para-hydroxylation sites is 1. The smallest absolute Gasteiger partial charge is 0.260 e. The predicted octanol–water partition coefficient (Wildman–Crippen LogP) is 5.78. The molecule has 42 heavy (non-hydrogen) atoms. The lowest BCUT2D eigenvalue weighted by Crippen LogP contribution is -2.44. The van der Waals surface area contributed by atoms with Crippen LogP contribution in [0.15, 0.2) is 89.9 Å². The van der Waals surface area contributed by atoms with Crippen LogP contribution in [-0.4, -0.2) is 59.3 Å². The Morgan fingerprint density at radius 1 is 0.929 bits per heavy atom. The number of piperazine rings is 1. The van der Waals surface area contributed by atoms with Crippen LogP contribution in [-0.2, 0) is 6.42 Å². The Kier molecular flexibility index (Phi) is 7.01. The molecule has 0 aliphatic carbocycles. The highest BCUT2D eigenvalue weighted by molar-refractivity contribution is 6.33. The van der Waals surface area contributed by atoms with E-state index in [4.69, 9.17) is 21.3 Å². The minimum absolute atomic E-state index is 0.162. The molecule has 3 aromatic carbocycles. The summed E-state index contributed by atoms with van der Waals surface area (Å²) in [5.41, 5.74) is 4.72. The number of fused-ring (bicyclic) bond motifs is 2. The van der Waals surface area contributed by atoms with Crippen molar-refractivity contribution in [1.82, 2.24) is 19.4 Å². The van der Waals surface area contributed by atoms with Gasteiger partial charge in [-0.25, -0.2) is 4.98 Å². The second-order valence-electron chi connectivity index (χ2n) is 10.9. The molecule has 2 aliphatic rings. The van der Waals surface area contributed by atoms with Crippen LogP contribution in [0.2, 0.25) is 5.02 Å². The van der Waals surface area contributed by atoms with Crippen LogP contribution in [0.1, 0.15) is 11.6 Å². The minimum Gasteiger partial charge on any atom is -0.491 e. The van der Waals surface area contributed by atoms with Gasteiger partial charge in [-0.1, -0.05) is 48.0 Å². The van der Waals surface area contributed by atoms with Crippen molar-refractivity contribution in [2.75, 3.05) is 50.1 Å². The third-order valence-corrected chi connectivity index (χ3v) is 8.48. The second-order valence-corrected chi connectivity index (χ2v) is 11.3. The van der Waals surface area contributed by atoms with E-state index in [0.29, 0.717) is 40.8 Å². The first-order valence-electron chi connectivity index (χ1n) is 14.2. The van der Waals surface area contributed by atoms with E-state index in [2.05, 4.69) is 39.3 Å². The van der Waals surface area contributed by atoms with Gasteiger partial charge in [0.2, 0.25) is 5.95 Å². The third kappa shape index (κ3) is 5.08. The summed E-state index contributed by atoms with van der Waals surface area (Å²) in [5.74, 6) is 1.27. The first-order valence-corrected chi connectivity index (χ1v) is 14.6. The third-order valence-electron chi connectivity index (χ3n) is 8.15. The number of likely N-dealkylation sites (N-methyl/N-ethyl adjacent to an activating group) is 1. The van der Waals surface area contributed by atoms with Crippen molar-refractivity contribution in [3.8, 4) is 16.9 Å². The highest BCUT2D eigenvalue weighted by atomic mass is 35.5. The molecule has 4 heterocycles. The Balaban J connectivity index is 1.26. The second kappa shape index (κ2) is 11.1. The Bertz CT molecular complexity index is 1810. The molecule has 2 aromatic heterocycles. The van der Waals surface area contributed by atoms with Gasteiger partial charge in [-0.05, 0) is 55.1 Å². The molecule has 1 fully saturated rings. The van der Waals surface area contributed by atoms with Crippen LogP contribution in [0, 0.1) is 0 Å². The highest BCUT2D eigenvalue weighted by Crippen LogP contribution is 2.33. The zero-order valence-electron chi connectivity index (χ0n) is 23.3. The van der Waals surface area contributed by atoms with Gasteiger partial charge >= 0.3 is 0 Å². The van der Waals surface area contributed by atoms with Crippen LogP contribution in [0.3, 0.4) is 0 Å². The zero-order valence-corrected chi connectivity index (χ0v) is 24.1. The number of anilines is 3. The molecule has 1 saturated heterocycles. The standard InChI is InChI=1S/C33H31ClN6O2/c1-38-14-16-39(17-15-38)25-12-10-24(11-13-25)36-33-35-20-23-19-28(27-7-3-4-8-29(27)34)32(41)40(31(23)37-33)26-18-22-6-2-5-9-30(22)42-21-26/h2-13,19-20,26H,14-18,21H2,1H3,(H,35,36,37). The fourth-order valence-electron chi connectivity index (χ4n) is 5.82. The number of nitrogens with zero attached hydrogens (tertiary/aromatic N) is 5. The summed E-state index contributed by atoms with van der Waals surface area (Å²) in [6.45, 7) is 4.50. The van der Waals surface area contributed by atoms with Crippen LogP contribution < -0.4 is 20.5 Å². The van der Waals surface area contributed by atoms with Crippen molar-refractivity contribution in [3.63, 3.8) is 0 Å². The number of aromatic nitrogens is 3. The van der Waals surface area contributed by atoms with E-state index >= 15 is 0 Å². The Hall–Kier alpha value is -4.40. The van der Waals surface area contributed by atoms with E-state index < -0.39 is 0 Å². The lowest BCUT2D eigenvalue weighted by molar-refractivity contribution is 0.224. The van der Waals surface area contributed by atoms with Gasteiger partial charge in [0.15, 0.2) is 0 Å². The maximum Gasteiger partial charge on any atom is 0.260 e. The number of rotatable bonds is 5. The molecule has 0 amide bonds. The van der Waals surface area contributed by atoms with Crippen molar-refractivity contribution in [1.29, 1.82) is 0 Å². The highest BCUT2D eigenvalue weighted by Gasteiger charge is 2.26. The van der Waals surface area contributed by atoms with Crippen LogP contribution in [0.4, 0.5) is 17.3 Å². The number of pyridine rings is 1. The first-order chi connectivity index (χ1) is 20.5. The molecule has 0 radical (unpaired) electrons. The van der Waals surface area contributed by atoms with Gasteiger partial charge in [0.05, 0.1) is 6.04 Å². The predicted molar refractivity (Wildman–Crippen MR) is 168 cm³/mol. The maximum atomic E-state index is 14.2. The summed E-state index contributed by atoms with van der Waals surface area (Å²) in [7, 11) is 2.16. The lowest BCUT2D eigenvalue weighted by Gasteiger charge is -2.34. The Morgan fingerprint density at radius 3 is 2.50 bits per heavy atom. The van der Waals surface area contributed by atoms with E-state index in [-0.39, 0.29) is 11.6 Å². The molecular formula is C33H31ClN6O2. The van der Waals surface area contributed by atoms with Gasteiger partial charge < -0.3 is 19.9 Å². The first kappa shape index (κ1) is 26.5. The van der Waals surface area contributed by atoms with Crippen molar-refractivity contribution in [2.45, 2.75) is 12.5 Å². The van der Waals surface area contributed by atoms with Gasteiger partial charge in [0.1, 0.15) is 18.0 Å². The molecule has 8 nitrogen and oxygen atoms in total. The van der Waals surface area contributed by atoms with Gasteiger partial charge in [-0.15, -0.1) is 0 Å². The normalized spacial score (nSPS) is 17.1. The molecule has 9 heteroatoms. The number of hydrogen-bond donors (Lipinski definition) is 1. The zero-order chi connectivity index (χ0) is 28.6. The molecule has 5 aromatic rings. The van der Waals surface area contributed by atoms with Crippen molar-refractivity contribution >= 4 is 40.0 Å². The van der Waals surface area contributed by atoms with Crippen LogP contribution >= 0.6 is 11.6 Å². The molecule has 1 N–H and O–H groups in total. The molecule has 0 saturated carbocycles. The number of ether oxygens (including phenoxy) is 1. The van der Waals surface area contributed by atoms with Crippen molar-refractivity contribution in [2.24, 2.45) is 0 Å². The van der Waals surface area contributed by atoms with Gasteiger partial charge in [0, 0.05) is 71.7 Å². The van der Waals surface area contributed by atoms with E-state index in [9.17, 15) is 4.79 Å². The molecule has 1 atom stereocenters. The van der Waals surface area contributed by atoms with Crippen LogP contribution in [0.5, 0.6) is 5.75 Å². The summed E-state index contributed by atoms with van der Waals surface area (Å²) < 4.78 is 7.86. The topological polar surface area (TPSA) is 75.5 Å². The Labute approximate surface area is 249 Å². The van der Waals surface area contributed by atoms with Crippen molar-refractivity contribution in [3.05, 3.63) is 106 Å². The number of hydrogen-bond acceptors (Lipinski definition) is 7. The molecule has 1 unspecified atom stereocenters. The lowest BCUT2D eigenvalue weighted by atomic mass is 10.0. The fraction of sp³-hybridized carbons (Fsp3) is 0.242. The number of nitrogens with one attached hydrogen (secondary N) is 1. The van der Waals surface area contributed by atoms with E-state index in [1.165, 1.54) is 5.69 Å². The SMILES string of the molecule is CN1CCN(c2ccc(Nc3ncc4cc(-c5ccccc5Cl)c(=O)n(C5COc6ccccc6C5)c4n3)cc2)CC1. The minimum atomic E-state index is -0.247. The summed E-state index contributed by atoms with van der Waals surface area (Å²) in [6.07, 6.45) is 2.41. The summed E-state index contributed by atoms with van der Waals surface area (Å²) in [4.78, 5) is 28.4. The fourth-order valence-corrected chi connectivity index (χ4v) is 6.06. The summed E-state index contributed by atoms with van der Waals surface area (Å²) in [6, 6.07) is 25.3. The molecule has 212 valence electrons. The largest absolute Gasteiger partial charge is 0.491 e. The maximum absolute atomic E-state index is 14.2. The molecule has 7 rings (SSSR count). The molecular weight excluding hydrogens is 548 g/mol. The number of halogens is 1. The van der Waals surface area contributed by atoms with Gasteiger partial charge in [0.25, 0.3) is 5.56 Å². The van der Waals surface area contributed by atoms with E-state index in [0.717, 1.165) is 48.6 Å². The number of benzene rings is 3. The quantitative estimate of drug-likeness (QED) is 0.283. The molecule has 0 spiro atoms. The van der Waals surface area contributed by atoms with Gasteiger partial charge in [-0.2, -0.15) is 4.98 Å². The Morgan fingerprint density at radius 2 is 1.69 bits per heavy atom. The molecule has 0 bridgehead atoms. The van der Waals surface area contributed by atoms with E-state index in [1.54, 1.807) is 16.8 Å². The van der Waals surface area contributed by atoms with Gasteiger partial charge in [-0.3, -0.25) is 9.36 Å². The average molecular weight is 579 g/mol. The summed E-state index contributed by atoms with van der Waals surface area (Å²) in [5, 5.41) is 4.61. The van der Waals surface area contributed by atoms with Crippen LogP contribution in [0.25, 0.3) is 22.2 Å². The van der Waals surface area contributed by atoms with Crippen molar-refractivity contribution < 1.29 is 4.74 Å². The van der Waals surface area contributed by atoms with E-state index in [1.807, 2.05) is 60.7 Å².